The summed E-state index contributed by atoms with van der Waals surface area (Å²) in [5, 5.41) is 16.4. The van der Waals surface area contributed by atoms with Gasteiger partial charge in [-0.1, -0.05) is 6.07 Å². The van der Waals surface area contributed by atoms with Gasteiger partial charge in [-0.3, -0.25) is 9.80 Å². The van der Waals surface area contributed by atoms with Gasteiger partial charge in [0.1, 0.15) is 5.76 Å². The molecule has 8 nitrogen and oxygen atoms in total. The maximum atomic E-state index is 10.6. The third-order valence-corrected chi connectivity index (χ3v) is 6.44. The van der Waals surface area contributed by atoms with Gasteiger partial charge in [0.25, 0.3) is 0 Å². The molecular weight excluding hydrogens is 534 g/mol. The first-order chi connectivity index (χ1) is 17.2. The zero-order valence-corrected chi connectivity index (χ0v) is 20.4. The van der Waals surface area contributed by atoms with Crippen molar-refractivity contribution in [1.82, 2.24) is 9.80 Å². The number of carbonyl (C=O) groups is 2. The number of aliphatic carboxylic acids is 2. The van der Waals surface area contributed by atoms with E-state index >= 15 is 0 Å². The van der Waals surface area contributed by atoms with E-state index in [9.17, 15) is 26.3 Å². The van der Waals surface area contributed by atoms with Crippen LogP contribution in [0.25, 0.3) is 0 Å². The molecule has 3 atom stereocenters. The van der Waals surface area contributed by atoms with E-state index in [1.807, 2.05) is 23.5 Å². The van der Waals surface area contributed by atoms with Crippen LogP contribution in [0.2, 0.25) is 0 Å². The van der Waals surface area contributed by atoms with Crippen molar-refractivity contribution in [3.8, 4) is 0 Å². The Morgan fingerprint density at radius 3 is 2.22 bits per heavy atom. The summed E-state index contributed by atoms with van der Waals surface area (Å²) in [6.07, 6.45) is -5.66. The number of ether oxygens (including phenoxy) is 1. The van der Waals surface area contributed by atoms with Crippen molar-refractivity contribution >= 4 is 23.3 Å². The Hall–Kier alpha value is -2.62. The average molecular weight is 561 g/mol. The number of nitrogens with zero attached hydrogens (tertiary/aromatic N) is 2. The van der Waals surface area contributed by atoms with Crippen molar-refractivity contribution < 1.29 is 55.3 Å². The maximum Gasteiger partial charge on any atom is 0.490 e. The summed E-state index contributed by atoms with van der Waals surface area (Å²) in [7, 11) is 2.19. The number of likely N-dealkylation sites (N-methyl/N-ethyl adjacent to an activating group) is 1. The molecule has 2 aromatic rings. The van der Waals surface area contributed by atoms with E-state index in [-0.39, 0.29) is 0 Å². The largest absolute Gasteiger partial charge is 0.490 e. The molecule has 2 aliphatic heterocycles. The van der Waals surface area contributed by atoms with Crippen LogP contribution in [0.4, 0.5) is 26.3 Å². The number of carboxylic acid groups (broad SMARTS) is 2. The Morgan fingerprint density at radius 1 is 1.11 bits per heavy atom. The van der Waals surface area contributed by atoms with E-state index in [2.05, 4.69) is 34.4 Å². The van der Waals surface area contributed by atoms with Gasteiger partial charge in [0.15, 0.2) is 0 Å². The van der Waals surface area contributed by atoms with Gasteiger partial charge in [-0.25, -0.2) is 9.59 Å². The monoisotopic (exact) mass is 560 g/mol. The molecule has 4 heterocycles. The van der Waals surface area contributed by atoms with Crippen LogP contribution in [0.5, 0.6) is 0 Å². The Kier molecular flexibility index (Phi) is 11.0. The Bertz CT molecular complexity index is 943. The predicted molar refractivity (Wildman–Crippen MR) is 119 cm³/mol. The molecule has 37 heavy (non-hydrogen) atoms. The highest BCUT2D eigenvalue weighted by atomic mass is 32.1. The van der Waals surface area contributed by atoms with Gasteiger partial charge in [-0.2, -0.15) is 26.3 Å². The lowest BCUT2D eigenvalue weighted by Crippen LogP contribution is -2.46. The fourth-order valence-corrected chi connectivity index (χ4v) is 4.69. The molecular formula is C22H26F6N2O6S. The molecule has 0 spiro atoms. The number of rotatable bonds is 5. The Labute approximate surface area is 212 Å². The minimum atomic E-state index is -5.08. The molecule has 0 aromatic carbocycles. The quantitative estimate of drug-likeness (QED) is 0.517. The predicted octanol–water partition coefficient (Wildman–Crippen LogP) is 4.47. The smallest absolute Gasteiger partial charge is 0.475 e. The van der Waals surface area contributed by atoms with E-state index in [0.717, 1.165) is 32.0 Å². The number of alkyl halides is 6. The minimum absolute atomic E-state index is 0.323. The summed E-state index contributed by atoms with van der Waals surface area (Å²) in [4.78, 5) is 24.3. The highest BCUT2D eigenvalue weighted by Crippen LogP contribution is 2.33. The SMILES string of the molecule is CN(Cc1ccco1)[C@@H]1CN(Cc2cccs2)[C@@H]2CCCO[C@H]12.O=C(O)C(F)(F)F.O=C(O)C(F)(F)F. The van der Waals surface area contributed by atoms with Crippen LogP contribution in [0.15, 0.2) is 40.3 Å². The normalized spacial score (nSPS) is 21.9. The first-order valence-electron chi connectivity index (χ1n) is 10.9. The molecule has 4 rings (SSSR count). The molecule has 0 bridgehead atoms. The van der Waals surface area contributed by atoms with Gasteiger partial charge in [-0.05, 0) is 43.5 Å². The highest BCUT2D eigenvalue weighted by molar-refractivity contribution is 7.09. The molecule has 208 valence electrons. The molecule has 0 unspecified atom stereocenters. The van der Waals surface area contributed by atoms with Crippen molar-refractivity contribution in [2.75, 3.05) is 20.2 Å². The third kappa shape index (κ3) is 9.64. The number of hydrogen-bond acceptors (Lipinski definition) is 7. The molecule has 15 heteroatoms. The number of hydrogen-bond donors (Lipinski definition) is 2. The van der Waals surface area contributed by atoms with E-state index < -0.39 is 24.3 Å². The zero-order valence-electron chi connectivity index (χ0n) is 19.5. The van der Waals surface area contributed by atoms with Gasteiger partial charge in [-0.15, -0.1) is 11.3 Å². The second-order valence-corrected chi connectivity index (χ2v) is 9.25. The number of carboxylic acids is 2. The number of fused-ring (bicyclic) bond motifs is 1. The van der Waals surface area contributed by atoms with E-state index in [0.29, 0.717) is 18.2 Å². The van der Waals surface area contributed by atoms with E-state index in [1.54, 1.807) is 6.26 Å². The zero-order chi connectivity index (χ0) is 27.8. The molecule has 2 fully saturated rings. The number of halogens is 6. The first kappa shape index (κ1) is 30.6. The lowest BCUT2D eigenvalue weighted by atomic mass is 10.00. The standard InChI is InChI=1S/C18H24N2O2S.2C2HF3O2/c1-19(11-14-5-2-8-21-14)17-13-20(12-15-6-4-10-23-15)16-7-3-9-22-18(16)17;2*3-2(4,5)1(6)7/h2,4-6,8,10,16-18H,3,7,9,11-13H2,1H3;2*(H,6,7)/t16-,17-,18+;;/m1../s1. The van der Waals surface area contributed by atoms with E-state index in [4.69, 9.17) is 29.0 Å². The first-order valence-corrected chi connectivity index (χ1v) is 11.8. The van der Waals surface area contributed by atoms with Gasteiger partial charge in [0.05, 0.1) is 25.0 Å². The second kappa shape index (κ2) is 13.3. The topological polar surface area (TPSA) is 103 Å². The van der Waals surface area contributed by atoms with Crippen molar-refractivity contribution in [2.45, 2.75) is 56.5 Å². The lowest BCUT2D eigenvalue weighted by molar-refractivity contribution is -0.193. The van der Waals surface area contributed by atoms with Crippen LogP contribution >= 0.6 is 11.3 Å². The number of furan rings is 1. The molecule has 0 saturated carbocycles. The lowest BCUT2D eigenvalue weighted by Gasteiger charge is -2.34. The Balaban J connectivity index is 0.000000286. The molecule has 0 amide bonds. The van der Waals surface area contributed by atoms with Gasteiger partial charge in [0.2, 0.25) is 0 Å². The van der Waals surface area contributed by atoms with Crippen molar-refractivity contribution in [3.05, 3.63) is 46.5 Å². The van der Waals surface area contributed by atoms with Gasteiger partial charge >= 0.3 is 24.3 Å². The van der Waals surface area contributed by atoms with Crippen LogP contribution < -0.4 is 0 Å². The summed E-state index contributed by atoms with van der Waals surface area (Å²) in [5.74, 6) is -4.49. The molecule has 2 N–H and O–H groups in total. The van der Waals surface area contributed by atoms with Crippen LogP contribution in [0.3, 0.4) is 0 Å². The summed E-state index contributed by atoms with van der Waals surface area (Å²) in [5.41, 5.74) is 0. The van der Waals surface area contributed by atoms with Gasteiger partial charge in [0, 0.05) is 30.6 Å². The molecule has 0 radical (unpaired) electrons. The molecule has 2 aromatic heterocycles. The van der Waals surface area contributed by atoms with Crippen LogP contribution in [-0.4, -0.2) is 82.7 Å². The highest BCUT2D eigenvalue weighted by Gasteiger charge is 2.45. The van der Waals surface area contributed by atoms with Crippen molar-refractivity contribution in [3.63, 3.8) is 0 Å². The number of thiophene rings is 1. The molecule has 2 aliphatic rings. The van der Waals surface area contributed by atoms with Crippen LogP contribution in [0.1, 0.15) is 23.5 Å². The third-order valence-electron chi connectivity index (χ3n) is 5.58. The van der Waals surface area contributed by atoms with Crippen molar-refractivity contribution in [1.29, 1.82) is 0 Å². The van der Waals surface area contributed by atoms with Crippen LogP contribution in [0, 0.1) is 0 Å². The fourth-order valence-electron chi connectivity index (χ4n) is 3.96. The van der Waals surface area contributed by atoms with E-state index in [1.165, 1.54) is 17.7 Å². The fraction of sp³-hybridized carbons (Fsp3) is 0.545. The van der Waals surface area contributed by atoms with Crippen molar-refractivity contribution in [2.24, 2.45) is 0 Å². The summed E-state index contributed by atoms with van der Waals surface area (Å²) in [6, 6.07) is 9.38. The minimum Gasteiger partial charge on any atom is -0.475 e. The second-order valence-electron chi connectivity index (χ2n) is 8.22. The molecule has 2 saturated heterocycles. The average Bonchev–Trinajstić information content (AvgIpc) is 3.56. The summed E-state index contributed by atoms with van der Waals surface area (Å²) >= 11 is 1.85. The maximum absolute atomic E-state index is 10.6. The summed E-state index contributed by atoms with van der Waals surface area (Å²) in [6.45, 7) is 3.87. The van der Waals surface area contributed by atoms with Gasteiger partial charge < -0.3 is 19.4 Å². The summed E-state index contributed by atoms with van der Waals surface area (Å²) < 4.78 is 75.2. The van der Waals surface area contributed by atoms with Crippen LogP contribution in [-0.2, 0) is 27.4 Å². The molecule has 0 aliphatic carbocycles. The number of likely N-dealkylation sites (tertiary alicyclic amines) is 1. The Morgan fingerprint density at radius 2 is 1.73 bits per heavy atom.